The predicted octanol–water partition coefficient (Wildman–Crippen LogP) is 5.78. The van der Waals surface area contributed by atoms with Crippen LogP contribution in [0.3, 0.4) is 0 Å². The van der Waals surface area contributed by atoms with Gasteiger partial charge in [-0.25, -0.2) is 14.8 Å². The molecule has 0 saturated heterocycles. The van der Waals surface area contributed by atoms with Gasteiger partial charge < -0.3 is 5.32 Å². The molecule has 0 saturated carbocycles. The highest BCUT2D eigenvalue weighted by molar-refractivity contribution is 7.09. The predicted molar refractivity (Wildman–Crippen MR) is 137 cm³/mol. The molecule has 2 heterocycles. The second kappa shape index (κ2) is 11.3. The molecule has 0 radical (unpaired) electrons. The summed E-state index contributed by atoms with van der Waals surface area (Å²) in [4.78, 5) is 4.72. The van der Waals surface area contributed by atoms with Crippen molar-refractivity contribution in [2.24, 2.45) is 17.8 Å². The van der Waals surface area contributed by atoms with Gasteiger partial charge in [-0.05, 0) is 24.0 Å². The first-order valence-corrected chi connectivity index (χ1v) is 12.7. The fraction of sp³-hybridized carbons (Fsp3) is 0.577. The molecule has 2 aliphatic rings. The molecule has 2 atom stereocenters. The van der Waals surface area contributed by atoms with Gasteiger partial charge in [0.2, 0.25) is 0 Å². The van der Waals surface area contributed by atoms with Gasteiger partial charge >= 0.3 is 0 Å². The van der Waals surface area contributed by atoms with Gasteiger partial charge in [-0.1, -0.05) is 61.3 Å². The van der Waals surface area contributed by atoms with Gasteiger partial charge in [-0.15, -0.1) is 17.8 Å². The van der Waals surface area contributed by atoms with Gasteiger partial charge in [0.05, 0.1) is 23.2 Å². The van der Waals surface area contributed by atoms with Gasteiger partial charge in [0.1, 0.15) is 11.6 Å². The molecule has 1 aromatic heterocycles. The fourth-order valence-corrected chi connectivity index (χ4v) is 4.78. The molecule has 1 aliphatic heterocycles. The molecule has 2 unspecified atom stereocenters. The first kappa shape index (κ1) is 27.1. The smallest absolute Gasteiger partial charge is 0.121 e. The van der Waals surface area contributed by atoms with E-state index >= 15 is 4.39 Å². The van der Waals surface area contributed by atoms with Crippen LogP contribution in [0.5, 0.6) is 0 Å². The summed E-state index contributed by atoms with van der Waals surface area (Å²) in [7, 11) is 1.91. The van der Waals surface area contributed by atoms with Crippen molar-refractivity contribution in [2.45, 2.75) is 73.8 Å². The Labute approximate surface area is 203 Å². The van der Waals surface area contributed by atoms with E-state index in [-0.39, 0.29) is 23.1 Å². The summed E-state index contributed by atoms with van der Waals surface area (Å²) in [5.74, 6) is 3.00. The molecule has 1 aromatic rings. The average molecular weight is 474 g/mol. The first-order valence-electron chi connectivity index (χ1n) is 11.8. The lowest BCUT2D eigenvalue weighted by molar-refractivity contribution is 0.166. The number of nitrogens with one attached hydrogen (secondary N) is 3. The molecule has 0 bridgehead atoms. The van der Waals surface area contributed by atoms with Crippen LogP contribution in [0, 0.1) is 30.1 Å². The Kier molecular flexibility index (Phi) is 9.30. The highest BCUT2D eigenvalue weighted by atomic mass is 32.1. The Morgan fingerprint density at radius 2 is 2.03 bits per heavy atom. The van der Waals surface area contributed by atoms with E-state index in [2.05, 4.69) is 62.1 Å². The number of allylic oxidation sites excluding steroid dienone is 4. The first-order chi connectivity index (χ1) is 15.5. The topological polar surface area (TPSA) is 52.2 Å². The lowest BCUT2D eigenvalue weighted by Crippen LogP contribution is -2.48. The monoisotopic (exact) mass is 473 g/mol. The average Bonchev–Trinajstić information content (AvgIpc) is 3.23. The van der Waals surface area contributed by atoms with Crippen LogP contribution in [0.15, 0.2) is 39.9 Å². The minimum atomic E-state index is -0.469. The van der Waals surface area contributed by atoms with E-state index in [0.29, 0.717) is 18.5 Å². The van der Waals surface area contributed by atoms with Crippen LogP contribution in [0.2, 0.25) is 0 Å². The zero-order valence-corrected chi connectivity index (χ0v) is 22.4. The summed E-state index contributed by atoms with van der Waals surface area (Å²) >= 11 is 1.69. The molecule has 33 heavy (non-hydrogen) atoms. The van der Waals surface area contributed by atoms with Gasteiger partial charge in [-0.2, -0.15) is 5.12 Å². The summed E-state index contributed by atoms with van der Waals surface area (Å²) in [5, 5.41) is 8.43. The Hall–Kier alpha value is -2.14. The summed E-state index contributed by atoms with van der Waals surface area (Å²) < 4.78 is 15.0. The van der Waals surface area contributed by atoms with Crippen molar-refractivity contribution in [1.82, 2.24) is 26.3 Å². The third-order valence-corrected chi connectivity index (χ3v) is 6.90. The number of nitrogens with zero attached hydrogens (tertiary/aromatic N) is 2. The van der Waals surface area contributed by atoms with E-state index < -0.39 is 5.92 Å². The number of hydrazine groups is 2. The second-order valence-electron chi connectivity index (χ2n) is 9.63. The maximum atomic E-state index is 15.0. The number of halogens is 1. The zero-order valence-electron chi connectivity index (χ0n) is 21.6. The van der Waals surface area contributed by atoms with Crippen molar-refractivity contribution >= 4 is 11.3 Å². The number of thiazole rings is 1. The molecule has 0 amide bonds. The van der Waals surface area contributed by atoms with Crippen LogP contribution in [-0.4, -0.2) is 17.1 Å². The second-order valence-corrected chi connectivity index (χ2v) is 10.5. The Balaban J connectivity index is 0.00000187. The van der Waals surface area contributed by atoms with Crippen molar-refractivity contribution in [3.63, 3.8) is 0 Å². The number of terminal acetylenes is 1. The number of aromatic nitrogens is 1. The SMILES string of the molecule is C#CC1CC(C(C)C)=C2NC(NN(C)NCc3csc(C(C)(C)C)n3)=CC(C)C2=C1F.CC. The van der Waals surface area contributed by atoms with E-state index in [1.807, 2.05) is 33.9 Å². The Bertz CT molecular complexity index is 958. The maximum absolute atomic E-state index is 15.0. The lowest BCUT2D eigenvalue weighted by atomic mass is 9.77. The quantitative estimate of drug-likeness (QED) is 0.361. The minimum absolute atomic E-state index is 0.0564. The zero-order chi connectivity index (χ0) is 24.9. The molecular formula is C26H40FN5S. The molecule has 0 fully saturated rings. The summed E-state index contributed by atoms with van der Waals surface area (Å²) in [5.41, 5.74) is 10.4. The van der Waals surface area contributed by atoms with Gasteiger partial charge in [0.15, 0.2) is 0 Å². The van der Waals surface area contributed by atoms with E-state index in [1.54, 1.807) is 16.5 Å². The molecule has 5 nitrogen and oxygen atoms in total. The Morgan fingerprint density at radius 1 is 1.36 bits per heavy atom. The minimum Gasteiger partial charge on any atom is -0.341 e. The number of fused-ring (bicyclic) bond motifs is 1. The Morgan fingerprint density at radius 3 is 2.58 bits per heavy atom. The van der Waals surface area contributed by atoms with Crippen LogP contribution in [-0.2, 0) is 12.0 Å². The van der Waals surface area contributed by atoms with Crippen molar-refractivity contribution < 1.29 is 4.39 Å². The number of rotatable bonds is 6. The number of hydrogen-bond donors (Lipinski definition) is 3. The van der Waals surface area contributed by atoms with Crippen LogP contribution in [0.4, 0.5) is 4.39 Å². The largest absolute Gasteiger partial charge is 0.341 e. The third kappa shape index (κ3) is 6.47. The molecular weight excluding hydrogens is 433 g/mol. The van der Waals surface area contributed by atoms with E-state index in [4.69, 9.17) is 11.4 Å². The summed E-state index contributed by atoms with van der Waals surface area (Å²) in [6.07, 6.45) is 8.16. The maximum Gasteiger partial charge on any atom is 0.121 e. The van der Waals surface area contributed by atoms with Crippen molar-refractivity contribution in [3.05, 3.63) is 50.6 Å². The normalized spacial score (nSPS) is 20.6. The van der Waals surface area contributed by atoms with Crippen molar-refractivity contribution in [1.29, 1.82) is 0 Å². The highest BCUT2D eigenvalue weighted by Gasteiger charge is 2.34. The number of hydrogen-bond acceptors (Lipinski definition) is 6. The summed E-state index contributed by atoms with van der Waals surface area (Å²) in [6, 6.07) is 0. The van der Waals surface area contributed by atoms with Crippen LogP contribution in [0.1, 0.15) is 72.5 Å². The molecule has 182 valence electrons. The van der Waals surface area contributed by atoms with E-state index in [0.717, 1.165) is 22.2 Å². The molecule has 3 rings (SSSR count). The molecule has 1 aliphatic carbocycles. The van der Waals surface area contributed by atoms with Crippen molar-refractivity contribution in [3.8, 4) is 12.3 Å². The lowest BCUT2D eigenvalue weighted by Gasteiger charge is -2.36. The fourth-order valence-electron chi connectivity index (χ4n) is 3.87. The van der Waals surface area contributed by atoms with Crippen molar-refractivity contribution in [2.75, 3.05) is 7.05 Å². The standard InChI is InChI=1S/C24H34FN5S.C2H6/c1-9-16-11-18(14(2)3)22-20(21(16)25)15(4)10-19(28-22)29-30(8)26-12-17-13-31-23(27-17)24(5,6)7;1-2/h1,10,13-16,26,28-29H,11-12H2,2-8H3;1-2H3. The highest BCUT2D eigenvalue weighted by Crippen LogP contribution is 2.42. The van der Waals surface area contributed by atoms with Gasteiger partial charge in [-0.3, -0.25) is 5.43 Å². The van der Waals surface area contributed by atoms with Crippen LogP contribution >= 0.6 is 11.3 Å². The van der Waals surface area contributed by atoms with Crippen LogP contribution < -0.4 is 16.2 Å². The third-order valence-electron chi connectivity index (χ3n) is 5.59. The van der Waals surface area contributed by atoms with E-state index in [1.165, 1.54) is 5.57 Å². The molecule has 7 heteroatoms. The van der Waals surface area contributed by atoms with Gasteiger partial charge in [0, 0.05) is 35.0 Å². The van der Waals surface area contributed by atoms with E-state index in [9.17, 15) is 0 Å². The van der Waals surface area contributed by atoms with Crippen LogP contribution in [0.25, 0.3) is 0 Å². The molecule has 3 N–H and O–H groups in total. The van der Waals surface area contributed by atoms with Gasteiger partial charge in [0.25, 0.3) is 0 Å². The summed E-state index contributed by atoms with van der Waals surface area (Å²) in [6.45, 7) is 17.4. The molecule has 0 spiro atoms. The molecule has 0 aromatic carbocycles.